The third-order valence-corrected chi connectivity index (χ3v) is 3.06. The Kier molecular flexibility index (Phi) is 4.03. The Morgan fingerprint density at radius 3 is 2.33 bits per heavy atom. The quantitative estimate of drug-likeness (QED) is 0.715. The summed E-state index contributed by atoms with van der Waals surface area (Å²) in [5, 5.41) is 20.4. The van der Waals surface area contributed by atoms with E-state index in [4.69, 9.17) is 5.11 Å². The van der Waals surface area contributed by atoms with Crippen LogP contribution in [0.3, 0.4) is 0 Å². The van der Waals surface area contributed by atoms with Crippen LogP contribution in [0.4, 0.5) is 23.7 Å². The Bertz CT molecular complexity index is 573. The predicted octanol–water partition coefficient (Wildman–Crippen LogP) is 1.16. The molecule has 1 aromatic carbocycles. The highest BCUT2D eigenvalue weighted by Crippen LogP contribution is 2.21. The van der Waals surface area contributed by atoms with Crippen LogP contribution in [0.25, 0.3) is 0 Å². The summed E-state index contributed by atoms with van der Waals surface area (Å²) in [5.41, 5.74) is -0.359. The number of carbonyl (C=O) groups is 2. The fourth-order valence-electron chi connectivity index (χ4n) is 2.10. The first-order valence-electron chi connectivity index (χ1n) is 5.92. The number of aliphatic hydroxyl groups excluding tert-OH is 1. The maximum Gasteiger partial charge on any atom is 0.326 e. The number of anilines is 1. The SMILES string of the molecule is O=C(O)[C@@H]1C[C@H](O)CN1C(=O)Nc1cc(F)c(F)c(F)c1. The molecule has 0 bridgehead atoms. The van der Waals surface area contributed by atoms with Crippen molar-refractivity contribution in [2.24, 2.45) is 0 Å². The van der Waals surface area contributed by atoms with Gasteiger partial charge in [-0.1, -0.05) is 0 Å². The number of carboxylic acids is 1. The van der Waals surface area contributed by atoms with E-state index in [1.54, 1.807) is 0 Å². The Labute approximate surface area is 116 Å². The zero-order chi connectivity index (χ0) is 15.7. The minimum absolute atomic E-state index is 0.144. The number of hydrogen-bond acceptors (Lipinski definition) is 3. The second-order valence-electron chi connectivity index (χ2n) is 4.58. The van der Waals surface area contributed by atoms with E-state index in [0.717, 1.165) is 4.90 Å². The second-order valence-corrected chi connectivity index (χ2v) is 4.58. The number of aliphatic carboxylic acids is 1. The van der Waals surface area contributed by atoms with Crippen molar-refractivity contribution in [3.05, 3.63) is 29.6 Å². The molecule has 1 aliphatic heterocycles. The van der Waals surface area contributed by atoms with Crippen LogP contribution < -0.4 is 5.32 Å². The van der Waals surface area contributed by atoms with Crippen LogP contribution in [0.15, 0.2) is 12.1 Å². The highest BCUT2D eigenvalue weighted by atomic mass is 19.2. The van der Waals surface area contributed by atoms with E-state index >= 15 is 0 Å². The Morgan fingerprint density at radius 1 is 1.24 bits per heavy atom. The summed E-state index contributed by atoms with van der Waals surface area (Å²) in [4.78, 5) is 23.7. The smallest absolute Gasteiger partial charge is 0.326 e. The van der Waals surface area contributed by atoms with Gasteiger partial charge in [-0.05, 0) is 0 Å². The molecule has 0 aliphatic carbocycles. The summed E-state index contributed by atoms with van der Waals surface area (Å²) in [5.74, 6) is -5.95. The van der Waals surface area contributed by atoms with Gasteiger partial charge in [0.1, 0.15) is 6.04 Å². The van der Waals surface area contributed by atoms with Crippen LogP contribution in [-0.4, -0.2) is 45.8 Å². The van der Waals surface area contributed by atoms with Crippen molar-refractivity contribution in [3.8, 4) is 0 Å². The first kappa shape index (κ1) is 15.1. The van der Waals surface area contributed by atoms with Crippen molar-refractivity contribution in [3.63, 3.8) is 0 Å². The molecule has 0 saturated carbocycles. The van der Waals surface area contributed by atoms with Gasteiger partial charge >= 0.3 is 12.0 Å². The molecule has 9 heteroatoms. The molecule has 2 rings (SSSR count). The van der Waals surface area contributed by atoms with Gasteiger partial charge in [-0.25, -0.2) is 22.8 Å². The molecule has 6 nitrogen and oxygen atoms in total. The van der Waals surface area contributed by atoms with E-state index in [2.05, 4.69) is 5.32 Å². The highest BCUT2D eigenvalue weighted by molar-refractivity contribution is 5.92. The molecule has 1 heterocycles. The standard InChI is InChI=1S/C12H11F3N2O4/c13-7-1-5(2-8(14)10(7)15)16-12(21)17-4-6(18)3-9(17)11(19)20/h1-2,6,9,18H,3-4H2,(H,16,21)(H,19,20)/t6-,9-/m0/s1. The fourth-order valence-corrected chi connectivity index (χ4v) is 2.10. The number of amides is 2. The van der Waals surface area contributed by atoms with Crippen LogP contribution in [0.5, 0.6) is 0 Å². The van der Waals surface area contributed by atoms with Gasteiger partial charge in [0, 0.05) is 30.8 Å². The van der Waals surface area contributed by atoms with Crippen LogP contribution >= 0.6 is 0 Å². The summed E-state index contributed by atoms with van der Waals surface area (Å²) in [6.07, 6.45) is -1.15. The van der Waals surface area contributed by atoms with E-state index in [1.807, 2.05) is 0 Å². The first-order valence-corrected chi connectivity index (χ1v) is 5.92. The van der Waals surface area contributed by atoms with Gasteiger partial charge in [0.2, 0.25) is 0 Å². The molecule has 2 amide bonds. The van der Waals surface area contributed by atoms with Crippen molar-refractivity contribution >= 4 is 17.7 Å². The van der Waals surface area contributed by atoms with Crippen molar-refractivity contribution in [2.75, 3.05) is 11.9 Å². The summed E-state index contributed by atoms with van der Waals surface area (Å²) in [6.45, 7) is -0.227. The Hall–Kier alpha value is -2.29. The number of nitrogens with one attached hydrogen (secondary N) is 1. The lowest BCUT2D eigenvalue weighted by molar-refractivity contribution is -0.141. The lowest BCUT2D eigenvalue weighted by Gasteiger charge is -2.21. The predicted molar refractivity (Wildman–Crippen MR) is 64.1 cm³/mol. The minimum Gasteiger partial charge on any atom is -0.480 e. The normalized spacial score (nSPS) is 21.4. The number of urea groups is 1. The molecule has 1 fully saturated rings. The molecule has 1 saturated heterocycles. The number of hydrogen-bond donors (Lipinski definition) is 3. The van der Waals surface area contributed by atoms with Crippen LogP contribution in [-0.2, 0) is 4.79 Å². The summed E-state index contributed by atoms with van der Waals surface area (Å²) in [6, 6.07) is -1.06. The van der Waals surface area contributed by atoms with Gasteiger partial charge in [0.05, 0.1) is 6.10 Å². The molecule has 0 unspecified atom stereocenters. The minimum atomic E-state index is -1.67. The number of aliphatic hydroxyl groups is 1. The van der Waals surface area contributed by atoms with Gasteiger partial charge in [0.15, 0.2) is 17.5 Å². The number of carbonyl (C=O) groups excluding carboxylic acids is 1. The molecular weight excluding hydrogens is 293 g/mol. The Morgan fingerprint density at radius 2 is 1.81 bits per heavy atom. The molecule has 0 spiro atoms. The van der Waals surface area contributed by atoms with E-state index in [-0.39, 0.29) is 18.7 Å². The molecule has 3 N–H and O–H groups in total. The van der Waals surface area contributed by atoms with Crippen molar-refractivity contribution in [1.29, 1.82) is 0 Å². The summed E-state index contributed by atoms with van der Waals surface area (Å²) in [7, 11) is 0. The van der Waals surface area contributed by atoms with Gasteiger partial charge in [-0.2, -0.15) is 0 Å². The van der Waals surface area contributed by atoms with Crippen molar-refractivity contribution in [2.45, 2.75) is 18.6 Å². The third kappa shape index (κ3) is 3.07. The average molecular weight is 304 g/mol. The average Bonchev–Trinajstić information content (AvgIpc) is 2.78. The van der Waals surface area contributed by atoms with Crippen LogP contribution in [0.2, 0.25) is 0 Å². The molecule has 0 aromatic heterocycles. The highest BCUT2D eigenvalue weighted by Gasteiger charge is 2.39. The van der Waals surface area contributed by atoms with Gasteiger partial charge in [-0.3, -0.25) is 0 Å². The van der Waals surface area contributed by atoms with Gasteiger partial charge in [0.25, 0.3) is 0 Å². The third-order valence-electron chi connectivity index (χ3n) is 3.06. The summed E-state index contributed by atoms with van der Waals surface area (Å²) >= 11 is 0. The Balaban J connectivity index is 2.16. The molecule has 1 aliphatic rings. The number of rotatable bonds is 2. The number of nitrogens with zero attached hydrogens (tertiary/aromatic N) is 1. The summed E-state index contributed by atoms with van der Waals surface area (Å²) < 4.78 is 38.8. The molecule has 1 aromatic rings. The van der Waals surface area contributed by atoms with E-state index < -0.39 is 41.6 Å². The first-order chi connectivity index (χ1) is 9.79. The zero-order valence-electron chi connectivity index (χ0n) is 10.5. The topological polar surface area (TPSA) is 89.9 Å². The van der Waals surface area contributed by atoms with Crippen LogP contribution in [0, 0.1) is 17.5 Å². The number of benzene rings is 1. The van der Waals surface area contributed by atoms with Gasteiger partial charge < -0.3 is 20.4 Å². The number of halogens is 3. The maximum atomic E-state index is 13.0. The number of β-amino-alcohol motifs (C(OH)–C–C–N with tert-alkyl or cyclic N) is 1. The van der Waals surface area contributed by atoms with Crippen molar-refractivity contribution in [1.82, 2.24) is 4.90 Å². The zero-order valence-corrected chi connectivity index (χ0v) is 10.5. The van der Waals surface area contributed by atoms with E-state index in [0.29, 0.717) is 12.1 Å². The molecular formula is C12H11F3N2O4. The largest absolute Gasteiger partial charge is 0.480 e. The lowest BCUT2D eigenvalue weighted by atomic mass is 10.2. The molecule has 114 valence electrons. The van der Waals surface area contributed by atoms with E-state index in [9.17, 15) is 27.9 Å². The van der Waals surface area contributed by atoms with Crippen molar-refractivity contribution < 1.29 is 33.0 Å². The van der Waals surface area contributed by atoms with Gasteiger partial charge in [-0.15, -0.1) is 0 Å². The molecule has 0 radical (unpaired) electrons. The number of likely N-dealkylation sites (tertiary alicyclic amines) is 1. The monoisotopic (exact) mass is 304 g/mol. The fraction of sp³-hybridized carbons (Fsp3) is 0.333. The molecule has 21 heavy (non-hydrogen) atoms. The van der Waals surface area contributed by atoms with Crippen LogP contribution in [0.1, 0.15) is 6.42 Å². The molecule has 2 atom stereocenters. The lowest BCUT2D eigenvalue weighted by Crippen LogP contribution is -2.43. The second kappa shape index (κ2) is 5.60. The van der Waals surface area contributed by atoms with E-state index in [1.165, 1.54) is 0 Å². The number of carboxylic acid groups (broad SMARTS) is 1. The maximum absolute atomic E-state index is 13.0.